The second-order valence-corrected chi connectivity index (χ2v) is 4.04. The lowest BCUT2D eigenvalue weighted by molar-refractivity contribution is -0.137. The fourth-order valence-electron chi connectivity index (χ4n) is 0.880. The van der Waals surface area contributed by atoms with Crippen molar-refractivity contribution in [3.05, 3.63) is 34.3 Å². The first kappa shape index (κ1) is 12.0. The van der Waals surface area contributed by atoms with Crippen LogP contribution in [0.3, 0.4) is 0 Å². The average molecular weight is 263 g/mol. The third-order valence-electron chi connectivity index (χ3n) is 1.56. The van der Waals surface area contributed by atoms with Crippen molar-refractivity contribution in [1.82, 2.24) is 0 Å². The lowest BCUT2D eigenvalue weighted by atomic mass is 10.1. The number of hydrogen-bond acceptors (Lipinski definition) is 0. The Balaban J connectivity index is 3.13. The maximum atomic E-state index is 12.2. The minimum absolute atomic E-state index is 0.0881. The second kappa shape index (κ2) is 4.17. The van der Waals surface area contributed by atoms with E-state index < -0.39 is 16.6 Å². The van der Waals surface area contributed by atoms with Crippen molar-refractivity contribution in [3.63, 3.8) is 0 Å². The van der Waals surface area contributed by atoms with Crippen LogP contribution < -0.4 is 0 Å². The predicted octanol–water partition coefficient (Wildman–Crippen LogP) is 4.84. The Morgan fingerprint density at radius 1 is 1.14 bits per heavy atom. The summed E-state index contributed by atoms with van der Waals surface area (Å²) < 4.78 is 36.5. The third kappa shape index (κ3) is 2.69. The van der Waals surface area contributed by atoms with Crippen LogP contribution in [0.2, 0.25) is 5.02 Å². The maximum absolute atomic E-state index is 12.2. The summed E-state index contributed by atoms with van der Waals surface area (Å²) >= 11 is 16.5. The first-order valence-corrected chi connectivity index (χ1v) is 4.72. The molecule has 0 amide bonds. The van der Waals surface area contributed by atoms with E-state index in [-0.39, 0.29) is 10.6 Å². The van der Waals surface area contributed by atoms with Crippen molar-refractivity contribution in [3.8, 4) is 0 Å². The van der Waals surface area contributed by atoms with E-state index >= 15 is 0 Å². The van der Waals surface area contributed by atoms with Gasteiger partial charge >= 0.3 is 6.18 Å². The molecule has 0 radical (unpaired) electrons. The average Bonchev–Trinajstić information content (AvgIpc) is 2.01. The van der Waals surface area contributed by atoms with E-state index in [9.17, 15) is 13.2 Å². The summed E-state index contributed by atoms with van der Waals surface area (Å²) in [6.45, 7) is 0. The zero-order valence-corrected chi connectivity index (χ0v) is 8.84. The van der Waals surface area contributed by atoms with E-state index in [0.717, 1.165) is 18.2 Å². The van der Waals surface area contributed by atoms with Gasteiger partial charge in [0.05, 0.1) is 5.56 Å². The van der Waals surface area contributed by atoms with Crippen LogP contribution in [0, 0.1) is 0 Å². The fraction of sp³-hybridized carbons (Fsp3) is 0.250. The Kier molecular flexibility index (Phi) is 3.56. The van der Waals surface area contributed by atoms with Gasteiger partial charge in [-0.3, -0.25) is 0 Å². The minimum atomic E-state index is -4.41. The Labute approximate surface area is 93.6 Å². The molecule has 0 nitrogen and oxygen atoms in total. The number of benzene rings is 1. The highest BCUT2D eigenvalue weighted by molar-refractivity contribution is 6.45. The van der Waals surface area contributed by atoms with Crippen LogP contribution in [0.15, 0.2) is 18.2 Å². The van der Waals surface area contributed by atoms with Gasteiger partial charge in [0.15, 0.2) is 0 Å². The van der Waals surface area contributed by atoms with Gasteiger partial charge in [-0.05, 0) is 12.1 Å². The lowest BCUT2D eigenvalue weighted by Crippen LogP contribution is -2.05. The van der Waals surface area contributed by atoms with Crippen molar-refractivity contribution in [2.45, 2.75) is 11.0 Å². The zero-order chi connectivity index (χ0) is 10.9. The molecule has 14 heavy (non-hydrogen) atoms. The fourth-order valence-corrected chi connectivity index (χ4v) is 1.66. The first-order chi connectivity index (χ1) is 6.32. The smallest absolute Gasteiger partial charge is 0.166 e. The van der Waals surface area contributed by atoms with Gasteiger partial charge in [-0.1, -0.05) is 17.7 Å². The van der Waals surface area contributed by atoms with E-state index in [1.54, 1.807) is 0 Å². The summed E-state index contributed by atoms with van der Waals surface area (Å²) in [5.74, 6) is 0. The van der Waals surface area contributed by atoms with Crippen molar-refractivity contribution < 1.29 is 13.2 Å². The summed E-state index contributed by atoms with van der Waals surface area (Å²) in [5.41, 5.74) is -0.553. The van der Waals surface area contributed by atoms with Crippen molar-refractivity contribution >= 4 is 34.8 Å². The predicted molar refractivity (Wildman–Crippen MR) is 50.9 cm³/mol. The molecule has 0 fully saturated rings. The van der Waals surface area contributed by atoms with Crippen LogP contribution in [0.25, 0.3) is 0 Å². The summed E-state index contributed by atoms with van der Waals surface area (Å²) in [6.07, 6.45) is -4.41. The third-order valence-corrected chi connectivity index (χ3v) is 2.36. The number of rotatable bonds is 1. The number of halogens is 6. The van der Waals surface area contributed by atoms with Gasteiger partial charge in [-0.2, -0.15) is 13.2 Å². The lowest BCUT2D eigenvalue weighted by Gasteiger charge is -2.09. The van der Waals surface area contributed by atoms with Crippen molar-refractivity contribution in [2.24, 2.45) is 0 Å². The summed E-state index contributed by atoms with van der Waals surface area (Å²) in [7, 11) is 0. The first-order valence-electron chi connectivity index (χ1n) is 3.47. The van der Waals surface area contributed by atoms with Crippen LogP contribution >= 0.6 is 34.8 Å². The topological polar surface area (TPSA) is 0 Å². The molecule has 0 aliphatic heterocycles. The van der Waals surface area contributed by atoms with Crippen molar-refractivity contribution in [1.29, 1.82) is 0 Å². The second-order valence-electron chi connectivity index (χ2n) is 2.53. The van der Waals surface area contributed by atoms with Crippen LogP contribution in [-0.4, -0.2) is 0 Å². The molecular weight excluding hydrogens is 259 g/mol. The molecule has 0 aliphatic carbocycles. The maximum Gasteiger partial charge on any atom is 0.416 e. The van der Waals surface area contributed by atoms with E-state index in [1.165, 1.54) is 0 Å². The molecule has 1 aromatic rings. The Morgan fingerprint density at radius 2 is 1.71 bits per heavy atom. The van der Waals surface area contributed by atoms with Gasteiger partial charge in [0.1, 0.15) is 4.84 Å². The van der Waals surface area contributed by atoms with E-state index in [0.29, 0.717) is 0 Å². The molecule has 6 heteroatoms. The van der Waals surface area contributed by atoms with E-state index in [1.807, 2.05) is 0 Å². The quantitative estimate of drug-likeness (QED) is 0.636. The van der Waals surface area contributed by atoms with E-state index in [4.69, 9.17) is 34.8 Å². The Hall–Kier alpha value is -0.120. The molecule has 78 valence electrons. The highest BCUT2D eigenvalue weighted by atomic mass is 35.5. The molecular formula is C8H4Cl3F3. The van der Waals surface area contributed by atoms with Crippen LogP contribution in [0.1, 0.15) is 16.0 Å². The van der Waals surface area contributed by atoms with Crippen LogP contribution in [0.4, 0.5) is 13.2 Å². The molecule has 0 aromatic heterocycles. The molecule has 0 heterocycles. The van der Waals surface area contributed by atoms with Gasteiger partial charge in [0.2, 0.25) is 0 Å². The van der Waals surface area contributed by atoms with Gasteiger partial charge in [-0.25, -0.2) is 0 Å². The monoisotopic (exact) mass is 262 g/mol. The highest BCUT2D eigenvalue weighted by Gasteiger charge is 2.31. The van der Waals surface area contributed by atoms with Gasteiger partial charge in [-0.15, -0.1) is 23.2 Å². The molecule has 0 bridgehead atoms. The SMILES string of the molecule is FC(F)(F)c1ccc(C(Cl)Cl)c(Cl)c1. The Morgan fingerprint density at radius 3 is 2.07 bits per heavy atom. The molecule has 0 unspecified atom stereocenters. The molecule has 0 aliphatic rings. The summed E-state index contributed by atoms with van der Waals surface area (Å²) in [5, 5.41) is -0.0881. The molecule has 0 saturated heterocycles. The highest BCUT2D eigenvalue weighted by Crippen LogP contribution is 2.36. The number of hydrogen-bond donors (Lipinski definition) is 0. The Bertz CT molecular complexity index is 333. The van der Waals surface area contributed by atoms with Crippen molar-refractivity contribution in [2.75, 3.05) is 0 Å². The van der Waals surface area contributed by atoms with Gasteiger partial charge < -0.3 is 0 Å². The summed E-state index contributed by atoms with van der Waals surface area (Å²) in [4.78, 5) is -0.926. The molecule has 0 atom stereocenters. The normalized spacial score (nSPS) is 12.2. The molecule has 1 aromatic carbocycles. The number of alkyl halides is 5. The molecule has 1 rings (SSSR count). The van der Waals surface area contributed by atoms with Crippen LogP contribution in [-0.2, 0) is 6.18 Å². The van der Waals surface area contributed by atoms with Gasteiger partial charge in [0.25, 0.3) is 0 Å². The molecule has 0 saturated carbocycles. The molecule has 0 N–H and O–H groups in total. The largest absolute Gasteiger partial charge is 0.416 e. The van der Waals surface area contributed by atoms with Gasteiger partial charge in [0, 0.05) is 10.6 Å². The molecule has 0 spiro atoms. The zero-order valence-electron chi connectivity index (χ0n) is 6.58. The standard InChI is InChI=1S/C8H4Cl3F3/c9-6-3-4(8(12,13)14)1-2-5(6)7(10)11/h1-3,7H. The minimum Gasteiger partial charge on any atom is -0.166 e. The summed E-state index contributed by atoms with van der Waals surface area (Å²) in [6, 6.07) is 2.85. The van der Waals surface area contributed by atoms with Crippen LogP contribution in [0.5, 0.6) is 0 Å². The van der Waals surface area contributed by atoms with E-state index in [2.05, 4.69) is 0 Å².